The Morgan fingerprint density at radius 1 is 1.53 bits per heavy atom. The highest BCUT2D eigenvalue weighted by Gasteiger charge is 2.84. The Labute approximate surface area is 97.5 Å². The van der Waals surface area contributed by atoms with Crippen molar-refractivity contribution in [3.05, 3.63) is 45.5 Å². The van der Waals surface area contributed by atoms with E-state index in [1.54, 1.807) is 0 Å². The van der Waals surface area contributed by atoms with Gasteiger partial charge in [0.25, 0.3) is 0 Å². The van der Waals surface area contributed by atoms with E-state index in [0.29, 0.717) is 6.42 Å². The molecule has 0 bridgehead atoms. The van der Waals surface area contributed by atoms with Gasteiger partial charge in [-0.2, -0.15) is 0 Å². The van der Waals surface area contributed by atoms with Gasteiger partial charge in [0.1, 0.15) is 0 Å². The van der Waals surface area contributed by atoms with Crippen LogP contribution in [0.15, 0.2) is 24.3 Å². The van der Waals surface area contributed by atoms with Crippen LogP contribution in [0.5, 0.6) is 0 Å². The summed E-state index contributed by atoms with van der Waals surface area (Å²) in [5, 5.41) is 11.2. The fourth-order valence-corrected chi connectivity index (χ4v) is 3.20. The molecule has 2 unspecified atom stereocenters. The minimum Gasteiger partial charge on any atom is -0.464 e. The van der Waals surface area contributed by atoms with Crippen molar-refractivity contribution in [2.24, 2.45) is 5.92 Å². The average Bonchev–Trinajstić information content (AvgIpc) is 2.84. The van der Waals surface area contributed by atoms with Gasteiger partial charge in [-0.05, 0) is 17.5 Å². The Balaban J connectivity index is 2.06. The second-order valence-corrected chi connectivity index (χ2v) is 4.56. The maximum atomic E-state index is 11.7. The van der Waals surface area contributed by atoms with Crippen molar-refractivity contribution >= 4 is 5.97 Å². The standard InChI is InChI=1S/C12H11NO4/c1-17-11(14)12(13(15)16)9-6-7-4-2-3-5-8(7)10(9)12/h2-5,9-10H,6H2,1H3/t9?,10?,12-/m0/s1. The molecule has 17 heavy (non-hydrogen) atoms. The molecule has 1 fully saturated rings. The van der Waals surface area contributed by atoms with Crippen LogP contribution >= 0.6 is 0 Å². The lowest BCUT2D eigenvalue weighted by Gasteiger charge is -2.12. The summed E-state index contributed by atoms with van der Waals surface area (Å²) in [6, 6.07) is 7.59. The third-order valence-electron chi connectivity index (χ3n) is 3.98. The molecule has 88 valence electrons. The Morgan fingerprint density at radius 2 is 2.24 bits per heavy atom. The molecule has 0 aliphatic heterocycles. The van der Waals surface area contributed by atoms with Gasteiger partial charge in [0.15, 0.2) is 0 Å². The molecular weight excluding hydrogens is 222 g/mol. The Hall–Kier alpha value is -1.91. The summed E-state index contributed by atoms with van der Waals surface area (Å²) in [7, 11) is 1.20. The van der Waals surface area contributed by atoms with Gasteiger partial charge in [-0.25, -0.2) is 4.79 Å². The quantitative estimate of drug-likeness (QED) is 0.436. The number of nitro groups is 1. The van der Waals surface area contributed by atoms with Gasteiger partial charge in [0.05, 0.1) is 18.9 Å². The number of methoxy groups -OCH3 is 1. The number of carbonyl (C=O) groups is 1. The third-order valence-corrected chi connectivity index (χ3v) is 3.98. The molecule has 0 N–H and O–H groups in total. The summed E-state index contributed by atoms with van der Waals surface area (Å²) in [6.45, 7) is 0. The lowest BCUT2D eigenvalue weighted by Crippen LogP contribution is -2.38. The molecule has 1 saturated carbocycles. The van der Waals surface area contributed by atoms with Crippen LogP contribution in [-0.4, -0.2) is 23.5 Å². The zero-order valence-electron chi connectivity index (χ0n) is 9.25. The number of nitrogens with zero attached hydrogens (tertiary/aromatic N) is 1. The van der Waals surface area contributed by atoms with Gasteiger partial charge >= 0.3 is 11.5 Å². The maximum absolute atomic E-state index is 11.7. The second-order valence-electron chi connectivity index (χ2n) is 4.56. The number of esters is 1. The van der Waals surface area contributed by atoms with E-state index in [0.717, 1.165) is 11.1 Å². The molecule has 2 aliphatic carbocycles. The summed E-state index contributed by atoms with van der Waals surface area (Å²) < 4.78 is 4.61. The first-order valence-corrected chi connectivity index (χ1v) is 5.44. The molecular formula is C12H11NO4. The fourth-order valence-electron chi connectivity index (χ4n) is 3.20. The zero-order valence-corrected chi connectivity index (χ0v) is 9.25. The molecule has 5 heteroatoms. The van der Waals surface area contributed by atoms with E-state index in [1.807, 2.05) is 24.3 Å². The van der Waals surface area contributed by atoms with Crippen LogP contribution in [0.2, 0.25) is 0 Å². The molecule has 3 atom stereocenters. The van der Waals surface area contributed by atoms with Gasteiger partial charge in [-0.15, -0.1) is 0 Å². The van der Waals surface area contributed by atoms with Gasteiger partial charge < -0.3 is 4.74 Å². The molecule has 0 radical (unpaired) electrons. The van der Waals surface area contributed by atoms with Crippen LogP contribution in [0.4, 0.5) is 0 Å². The smallest absolute Gasteiger partial charge is 0.385 e. The predicted octanol–water partition coefficient (Wildman–Crippen LogP) is 1.14. The van der Waals surface area contributed by atoms with E-state index in [4.69, 9.17) is 0 Å². The lowest BCUT2D eigenvalue weighted by atomic mass is 9.98. The highest BCUT2D eigenvalue weighted by molar-refractivity contribution is 5.87. The summed E-state index contributed by atoms with van der Waals surface area (Å²) in [6.07, 6.45) is 0.594. The first-order chi connectivity index (χ1) is 8.14. The number of ether oxygens (including phenoxy) is 1. The summed E-state index contributed by atoms with van der Waals surface area (Å²) in [5.74, 6) is -1.25. The number of hydrogen-bond donors (Lipinski definition) is 0. The third kappa shape index (κ3) is 1.01. The van der Waals surface area contributed by atoms with Crippen molar-refractivity contribution in [2.45, 2.75) is 17.9 Å². The molecule has 0 amide bonds. The van der Waals surface area contributed by atoms with Crippen molar-refractivity contribution < 1.29 is 14.5 Å². The Kier molecular flexibility index (Phi) is 1.85. The highest BCUT2D eigenvalue weighted by atomic mass is 16.6. The second kappa shape index (κ2) is 3.06. The van der Waals surface area contributed by atoms with E-state index in [1.165, 1.54) is 7.11 Å². The number of benzene rings is 1. The fraction of sp³-hybridized carbons (Fsp3) is 0.417. The minimum atomic E-state index is -1.52. The molecule has 0 saturated heterocycles. The monoisotopic (exact) mass is 233 g/mol. The van der Waals surface area contributed by atoms with Crippen molar-refractivity contribution in [1.29, 1.82) is 0 Å². The summed E-state index contributed by atoms with van der Waals surface area (Å²) >= 11 is 0. The summed E-state index contributed by atoms with van der Waals surface area (Å²) in [5.41, 5.74) is 0.520. The predicted molar refractivity (Wildman–Crippen MR) is 58.1 cm³/mol. The largest absolute Gasteiger partial charge is 0.464 e. The van der Waals surface area contributed by atoms with E-state index in [-0.39, 0.29) is 11.8 Å². The van der Waals surface area contributed by atoms with Crippen molar-refractivity contribution in [3.63, 3.8) is 0 Å². The highest BCUT2D eigenvalue weighted by Crippen LogP contribution is 2.66. The minimum absolute atomic E-state index is 0.234. The molecule has 5 nitrogen and oxygen atoms in total. The van der Waals surface area contributed by atoms with Crippen LogP contribution in [0.1, 0.15) is 17.0 Å². The van der Waals surface area contributed by atoms with E-state index in [9.17, 15) is 14.9 Å². The van der Waals surface area contributed by atoms with E-state index >= 15 is 0 Å². The van der Waals surface area contributed by atoms with E-state index < -0.39 is 16.4 Å². The topological polar surface area (TPSA) is 69.4 Å². The van der Waals surface area contributed by atoms with Gasteiger partial charge in [0, 0.05) is 4.92 Å². The van der Waals surface area contributed by atoms with Crippen LogP contribution in [0, 0.1) is 16.0 Å². The molecule has 0 spiro atoms. The Bertz CT molecular complexity index is 527. The van der Waals surface area contributed by atoms with Crippen LogP contribution in [0.25, 0.3) is 0 Å². The van der Waals surface area contributed by atoms with Gasteiger partial charge in [-0.3, -0.25) is 10.1 Å². The maximum Gasteiger partial charge on any atom is 0.385 e. The van der Waals surface area contributed by atoms with Crippen molar-refractivity contribution in [1.82, 2.24) is 0 Å². The van der Waals surface area contributed by atoms with Crippen LogP contribution in [-0.2, 0) is 16.0 Å². The van der Waals surface area contributed by atoms with E-state index in [2.05, 4.69) is 4.74 Å². The molecule has 1 aromatic rings. The van der Waals surface area contributed by atoms with Gasteiger partial charge in [0.2, 0.25) is 0 Å². The average molecular weight is 233 g/mol. The molecule has 0 heterocycles. The molecule has 1 aromatic carbocycles. The van der Waals surface area contributed by atoms with Crippen molar-refractivity contribution in [3.8, 4) is 0 Å². The zero-order chi connectivity index (χ0) is 12.2. The molecule has 3 rings (SSSR count). The normalized spacial score (nSPS) is 32.5. The van der Waals surface area contributed by atoms with Crippen LogP contribution in [0.3, 0.4) is 0 Å². The molecule has 2 aliphatic rings. The Morgan fingerprint density at radius 3 is 2.88 bits per heavy atom. The number of fused-ring (bicyclic) bond motifs is 3. The molecule has 0 aromatic heterocycles. The number of carbonyl (C=O) groups excluding carboxylic acids is 1. The number of rotatable bonds is 2. The SMILES string of the molecule is COC(=O)[C@]1([N+](=O)[O-])C2Cc3ccccc3C21. The first-order valence-electron chi connectivity index (χ1n) is 5.44. The van der Waals surface area contributed by atoms with Crippen LogP contribution < -0.4 is 0 Å². The van der Waals surface area contributed by atoms with Gasteiger partial charge in [-0.1, -0.05) is 24.3 Å². The summed E-state index contributed by atoms with van der Waals surface area (Å²) in [4.78, 5) is 22.4. The lowest BCUT2D eigenvalue weighted by molar-refractivity contribution is -0.530. The van der Waals surface area contributed by atoms with Crippen molar-refractivity contribution in [2.75, 3.05) is 7.11 Å². The first kappa shape index (κ1) is 10.3. The number of hydrogen-bond acceptors (Lipinski definition) is 4.